The van der Waals surface area contributed by atoms with Crippen LogP contribution in [-0.2, 0) is 0 Å². The fourth-order valence-electron chi connectivity index (χ4n) is 1.06. The average molecular weight is 210 g/mol. The second-order valence-corrected chi connectivity index (χ2v) is 3.02. The van der Waals surface area contributed by atoms with Gasteiger partial charge in [0.15, 0.2) is 0 Å². The Labute approximate surface area is 87.1 Å². The molecule has 0 atom stereocenters. The lowest BCUT2D eigenvalue weighted by Gasteiger charge is -2.04. The van der Waals surface area contributed by atoms with E-state index in [4.69, 9.17) is 22.9 Å². The van der Waals surface area contributed by atoms with Crippen LogP contribution in [0.3, 0.4) is 0 Å². The van der Waals surface area contributed by atoms with Gasteiger partial charge < -0.3 is 9.58 Å². The van der Waals surface area contributed by atoms with E-state index in [1.54, 1.807) is 12.1 Å². The molecule has 1 aromatic carbocycles. The van der Waals surface area contributed by atoms with E-state index in [9.17, 15) is 4.79 Å². The van der Waals surface area contributed by atoms with Crippen LogP contribution in [0.5, 0.6) is 5.75 Å². The molecule has 1 rings (SSSR count). The molecule has 0 saturated carbocycles. The van der Waals surface area contributed by atoms with Crippen molar-refractivity contribution in [3.05, 3.63) is 40.2 Å². The quantitative estimate of drug-likeness (QED) is 0.566. The first-order valence-corrected chi connectivity index (χ1v) is 4.26. The van der Waals surface area contributed by atoms with Gasteiger partial charge in [0.1, 0.15) is 5.75 Å². The van der Waals surface area contributed by atoms with E-state index >= 15 is 0 Å². The smallest absolute Gasteiger partial charge is 0.276 e. The minimum absolute atomic E-state index is 0.184. The van der Waals surface area contributed by atoms with Gasteiger partial charge in [-0.15, -0.1) is 0 Å². The lowest BCUT2D eigenvalue weighted by Crippen LogP contribution is -2.04. The molecule has 0 radical (unpaired) electrons. The number of hydrogen-bond acceptors (Lipinski definition) is 2. The number of ether oxygens (including phenoxy) is 1. The molecule has 72 valence electrons. The van der Waals surface area contributed by atoms with Crippen molar-refractivity contribution < 1.29 is 9.53 Å². The first-order chi connectivity index (χ1) is 6.69. The first-order valence-electron chi connectivity index (χ1n) is 3.89. The molecule has 4 heteroatoms. The summed E-state index contributed by atoms with van der Waals surface area (Å²) in [6.07, 6.45) is 0. The largest absolute Gasteiger partial charge is 0.496 e. The zero-order chi connectivity index (χ0) is 10.6. The molecule has 0 aromatic heterocycles. The third kappa shape index (κ3) is 2.24. The topological polar surface area (TPSA) is 30.7 Å². The van der Waals surface area contributed by atoms with Gasteiger partial charge in [-0.05, 0) is 18.2 Å². The van der Waals surface area contributed by atoms with Crippen LogP contribution in [0.1, 0.15) is 10.4 Å². The number of rotatable bonds is 3. The maximum atomic E-state index is 11.4. The van der Waals surface area contributed by atoms with Gasteiger partial charge in [0.05, 0.1) is 12.7 Å². The molecule has 0 heterocycles. The molecule has 0 aliphatic carbocycles. The summed E-state index contributed by atoms with van der Waals surface area (Å²) in [6, 6.07) is 4.75. The maximum Gasteiger partial charge on any atom is 0.276 e. The van der Waals surface area contributed by atoms with E-state index in [-0.39, 0.29) is 12.3 Å². The number of halogens is 1. The van der Waals surface area contributed by atoms with Crippen LogP contribution in [0, 0.1) is 6.57 Å². The average Bonchev–Trinajstić information content (AvgIpc) is 2.18. The summed E-state index contributed by atoms with van der Waals surface area (Å²) in [6.45, 7) is 6.41. The van der Waals surface area contributed by atoms with Crippen molar-refractivity contribution in [1.82, 2.24) is 0 Å². The fourth-order valence-corrected chi connectivity index (χ4v) is 1.23. The van der Waals surface area contributed by atoms with Crippen molar-refractivity contribution in [2.45, 2.75) is 0 Å². The van der Waals surface area contributed by atoms with Crippen LogP contribution in [0.4, 0.5) is 0 Å². The lowest BCUT2D eigenvalue weighted by atomic mass is 10.1. The first kappa shape index (κ1) is 10.6. The monoisotopic (exact) mass is 209 g/mol. The number of Topliss-reactive ketones (excluding diaryl/α,β-unsaturated/α-hetero) is 1. The molecule has 0 aliphatic heterocycles. The summed E-state index contributed by atoms with van der Waals surface area (Å²) in [5.41, 5.74) is 0.357. The van der Waals surface area contributed by atoms with Crippen molar-refractivity contribution in [1.29, 1.82) is 0 Å². The molecule has 0 saturated heterocycles. The third-order valence-corrected chi connectivity index (χ3v) is 1.92. The molecule has 3 nitrogen and oxygen atoms in total. The van der Waals surface area contributed by atoms with Crippen molar-refractivity contribution in [3.63, 3.8) is 0 Å². The normalized spacial score (nSPS) is 9.21. The molecule has 0 fully saturated rings. The van der Waals surface area contributed by atoms with Gasteiger partial charge in [-0.1, -0.05) is 11.6 Å². The third-order valence-electron chi connectivity index (χ3n) is 1.68. The number of hydrogen-bond donors (Lipinski definition) is 0. The van der Waals surface area contributed by atoms with E-state index in [0.717, 1.165) is 0 Å². The van der Waals surface area contributed by atoms with E-state index < -0.39 is 0 Å². The van der Waals surface area contributed by atoms with Crippen LogP contribution in [0.2, 0.25) is 5.02 Å². The molecule has 0 unspecified atom stereocenters. The molecular weight excluding hydrogens is 202 g/mol. The Kier molecular flexibility index (Phi) is 3.49. The Hall–Kier alpha value is -1.53. The van der Waals surface area contributed by atoms with Crippen LogP contribution in [0.15, 0.2) is 18.2 Å². The Morgan fingerprint density at radius 1 is 1.64 bits per heavy atom. The number of nitrogens with zero attached hydrogens (tertiary/aromatic N) is 1. The highest BCUT2D eigenvalue weighted by atomic mass is 35.5. The summed E-state index contributed by atoms with van der Waals surface area (Å²) >= 11 is 5.73. The molecule has 0 aliphatic rings. The fraction of sp³-hybridized carbons (Fsp3) is 0.200. The summed E-state index contributed by atoms with van der Waals surface area (Å²) in [5, 5.41) is 0.458. The summed E-state index contributed by atoms with van der Waals surface area (Å²) in [5.74, 6) is 0.169. The molecule has 0 bridgehead atoms. The number of carbonyl (C=O) groups excluding carboxylic acids is 1. The van der Waals surface area contributed by atoms with Gasteiger partial charge in [-0.3, -0.25) is 4.79 Å². The zero-order valence-electron chi connectivity index (χ0n) is 7.58. The minimum Gasteiger partial charge on any atom is -0.496 e. The van der Waals surface area contributed by atoms with Gasteiger partial charge in [0.2, 0.25) is 5.78 Å². The second kappa shape index (κ2) is 4.64. The SMILES string of the molecule is [C-]#[N+]CC(=O)c1cc(Cl)ccc1OC. The molecule has 0 N–H and O–H groups in total. The highest BCUT2D eigenvalue weighted by Gasteiger charge is 2.14. The van der Waals surface area contributed by atoms with Crippen molar-refractivity contribution in [3.8, 4) is 5.75 Å². The molecular formula is C10H8ClNO2. The molecule has 0 amide bonds. The zero-order valence-corrected chi connectivity index (χ0v) is 8.34. The molecule has 1 aromatic rings. The number of methoxy groups -OCH3 is 1. The highest BCUT2D eigenvalue weighted by Crippen LogP contribution is 2.22. The maximum absolute atomic E-state index is 11.4. The van der Waals surface area contributed by atoms with Crippen LogP contribution in [0.25, 0.3) is 4.85 Å². The Morgan fingerprint density at radius 3 is 2.93 bits per heavy atom. The van der Waals surface area contributed by atoms with Crippen molar-refractivity contribution >= 4 is 17.4 Å². The van der Waals surface area contributed by atoms with Crippen LogP contribution in [-0.4, -0.2) is 19.4 Å². The Morgan fingerprint density at radius 2 is 2.36 bits per heavy atom. The van der Waals surface area contributed by atoms with Crippen molar-refractivity contribution in [2.75, 3.05) is 13.7 Å². The van der Waals surface area contributed by atoms with E-state index in [2.05, 4.69) is 4.85 Å². The standard InChI is InChI=1S/C10H8ClNO2/c1-12-6-9(13)8-5-7(11)3-4-10(8)14-2/h3-5H,6H2,2H3. The minimum atomic E-state index is -0.278. The number of carbonyl (C=O) groups is 1. The van der Waals surface area contributed by atoms with Crippen LogP contribution >= 0.6 is 11.6 Å². The summed E-state index contributed by atoms with van der Waals surface area (Å²) < 4.78 is 4.99. The van der Waals surface area contributed by atoms with E-state index in [0.29, 0.717) is 16.3 Å². The van der Waals surface area contributed by atoms with Gasteiger partial charge >= 0.3 is 0 Å². The Bertz CT molecular complexity index is 396. The molecule has 0 spiro atoms. The predicted octanol–water partition coefficient (Wildman–Crippen LogP) is 2.45. The highest BCUT2D eigenvalue weighted by molar-refractivity contribution is 6.31. The van der Waals surface area contributed by atoms with Gasteiger partial charge in [-0.2, -0.15) is 0 Å². The summed E-state index contributed by atoms with van der Waals surface area (Å²) in [7, 11) is 1.47. The van der Waals surface area contributed by atoms with Gasteiger partial charge in [0, 0.05) is 5.02 Å². The predicted molar refractivity (Wildman–Crippen MR) is 53.8 cm³/mol. The van der Waals surface area contributed by atoms with Gasteiger partial charge in [-0.25, -0.2) is 6.57 Å². The van der Waals surface area contributed by atoms with Crippen molar-refractivity contribution in [2.24, 2.45) is 0 Å². The van der Waals surface area contributed by atoms with E-state index in [1.165, 1.54) is 13.2 Å². The summed E-state index contributed by atoms with van der Waals surface area (Å²) in [4.78, 5) is 14.4. The number of benzene rings is 1. The lowest BCUT2D eigenvalue weighted by molar-refractivity contribution is 0.101. The van der Waals surface area contributed by atoms with Gasteiger partial charge in [0.25, 0.3) is 6.54 Å². The second-order valence-electron chi connectivity index (χ2n) is 2.58. The number of ketones is 1. The Balaban J connectivity index is 3.11. The molecule has 14 heavy (non-hydrogen) atoms. The van der Waals surface area contributed by atoms with Crippen LogP contribution < -0.4 is 4.74 Å². The van der Waals surface area contributed by atoms with E-state index in [1.807, 2.05) is 0 Å².